The summed E-state index contributed by atoms with van der Waals surface area (Å²) in [6.07, 6.45) is 3.61. The van der Waals surface area contributed by atoms with Crippen LogP contribution in [-0.4, -0.2) is 31.1 Å². The molecular formula is C14H17BrFN3. The van der Waals surface area contributed by atoms with Crippen LogP contribution in [0.15, 0.2) is 16.6 Å². The Balaban J connectivity index is 2.04. The fraction of sp³-hybridized carbons (Fsp3) is 0.500. The molecule has 3 nitrogen and oxygen atoms in total. The van der Waals surface area contributed by atoms with Crippen molar-refractivity contribution in [3.05, 3.63) is 28.0 Å². The monoisotopic (exact) mass is 325 g/mol. The maximum Gasteiger partial charge on any atom is 0.161 e. The van der Waals surface area contributed by atoms with Gasteiger partial charge >= 0.3 is 0 Å². The highest BCUT2D eigenvalue weighted by molar-refractivity contribution is 9.10. The van der Waals surface area contributed by atoms with E-state index in [0.717, 1.165) is 19.5 Å². The number of piperidine rings is 1. The summed E-state index contributed by atoms with van der Waals surface area (Å²) in [7, 11) is 2.11. The molecule has 0 aromatic heterocycles. The van der Waals surface area contributed by atoms with Gasteiger partial charge in [-0.1, -0.05) is 6.42 Å². The van der Waals surface area contributed by atoms with Crippen molar-refractivity contribution in [3.8, 4) is 6.07 Å². The summed E-state index contributed by atoms with van der Waals surface area (Å²) >= 11 is 3.12. The molecule has 1 aliphatic rings. The summed E-state index contributed by atoms with van der Waals surface area (Å²) in [5.74, 6) is -0.391. The van der Waals surface area contributed by atoms with E-state index in [4.69, 9.17) is 5.26 Å². The van der Waals surface area contributed by atoms with Crippen LogP contribution in [0.25, 0.3) is 0 Å². The molecule has 0 saturated carbocycles. The molecule has 1 aromatic carbocycles. The molecule has 0 amide bonds. The van der Waals surface area contributed by atoms with Crippen LogP contribution in [0, 0.1) is 17.1 Å². The Morgan fingerprint density at radius 2 is 2.32 bits per heavy atom. The van der Waals surface area contributed by atoms with Crippen LogP contribution in [0.1, 0.15) is 24.8 Å². The van der Waals surface area contributed by atoms with E-state index in [1.165, 1.54) is 12.8 Å². The van der Waals surface area contributed by atoms with E-state index >= 15 is 0 Å². The Morgan fingerprint density at radius 1 is 1.53 bits per heavy atom. The first-order chi connectivity index (χ1) is 9.13. The van der Waals surface area contributed by atoms with Crippen LogP contribution in [-0.2, 0) is 0 Å². The normalized spacial score (nSPS) is 20.0. The largest absolute Gasteiger partial charge is 0.381 e. The summed E-state index contributed by atoms with van der Waals surface area (Å²) in [6, 6.07) is 5.65. The lowest BCUT2D eigenvalue weighted by Gasteiger charge is -2.32. The van der Waals surface area contributed by atoms with Gasteiger partial charge in [-0.3, -0.25) is 0 Å². The summed E-state index contributed by atoms with van der Waals surface area (Å²) in [5, 5.41) is 12.0. The third kappa shape index (κ3) is 3.26. The highest BCUT2D eigenvalue weighted by Crippen LogP contribution is 2.27. The van der Waals surface area contributed by atoms with Crippen molar-refractivity contribution in [1.82, 2.24) is 4.90 Å². The Hall–Kier alpha value is -1.12. The average molecular weight is 326 g/mol. The summed E-state index contributed by atoms with van der Waals surface area (Å²) in [5.41, 5.74) is 0.766. The lowest BCUT2D eigenvalue weighted by molar-refractivity contribution is 0.194. The molecule has 5 heteroatoms. The fourth-order valence-electron chi connectivity index (χ4n) is 2.40. The minimum absolute atomic E-state index is 0.233. The van der Waals surface area contributed by atoms with Gasteiger partial charge in [0.05, 0.1) is 15.7 Å². The smallest absolute Gasteiger partial charge is 0.161 e. The molecule has 0 spiro atoms. The number of hydrogen-bond acceptors (Lipinski definition) is 3. The van der Waals surface area contributed by atoms with Crippen molar-refractivity contribution in [2.24, 2.45) is 0 Å². The zero-order valence-corrected chi connectivity index (χ0v) is 12.5. The average Bonchev–Trinajstić information content (AvgIpc) is 2.42. The number of likely N-dealkylation sites (N-methyl/N-ethyl adjacent to an activating group) is 1. The zero-order valence-electron chi connectivity index (χ0n) is 10.9. The highest BCUT2D eigenvalue weighted by Gasteiger charge is 2.19. The van der Waals surface area contributed by atoms with Crippen molar-refractivity contribution in [3.63, 3.8) is 0 Å². The first kappa shape index (κ1) is 14.3. The van der Waals surface area contributed by atoms with Crippen molar-refractivity contribution in [2.45, 2.75) is 25.3 Å². The maximum absolute atomic E-state index is 14.0. The lowest BCUT2D eigenvalue weighted by Crippen LogP contribution is -2.40. The number of halogens is 2. The lowest BCUT2D eigenvalue weighted by atomic mass is 10.0. The van der Waals surface area contributed by atoms with Gasteiger partial charge in [-0.15, -0.1) is 0 Å². The maximum atomic E-state index is 14.0. The van der Waals surface area contributed by atoms with Crippen LogP contribution in [0.5, 0.6) is 0 Å². The van der Waals surface area contributed by atoms with Gasteiger partial charge < -0.3 is 10.2 Å². The van der Waals surface area contributed by atoms with Crippen LogP contribution in [0.2, 0.25) is 0 Å². The molecule has 2 rings (SSSR count). The third-order valence-corrected chi connectivity index (χ3v) is 4.43. The Bertz CT molecular complexity index is 498. The van der Waals surface area contributed by atoms with Gasteiger partial charge in [0, 0.05) is 12.6 Å². The summed E-state index contributed by atoms with van der Waals surface area (Å²) < 4.78 is 14.3. The second kappa shape index (κ2) is 6.36. The molecule has 0 bridgehead atoms. The topological polar surface area (TPSA) is 39.1 Å². The van der Waals surface area contributed by atoms with Crippen molar-refractivity contribution < 1.29 is 4.39 Å². The SMILES string of the molecule is CN1CCCCC1CNc1ccc(C#N)c(Br)c1F. The number of nitrogens with zero attached hydrogens (tertiary/aromatic N) is 2. The van der Waals surface area contributed by atoms with Gasteiger partial charge in [-0.05, 0) is 54.5 Å². The number of nitriles is 1. The second-order valence-electron chi connectivity index (χ2n) is 4.91. The highest BCUT2D eigenvalue weighted by atomic mass is 79.9. The van der Waals surface area contributed by atoms with Gasteiger partial charge in [0.2, 0.25) is 0 Å². The van der Waals surface area contributed by atoms with Crippen molar-refractivity contribution in [2.75, 3.05) is 25.5 Å². The van der Waals surface area contributed by atoms with E-state index in [1.807, 2.05) is 6.07 Å². The van der Waals surface area contributed by atoms with Gasteiger partial charge in [-0.25, -0.2) is 4.39 Å². The number of benzene rings is 1. The molecule has 1 saturated heterocycles. The molecule has 1 unspecified atom stereocenters. The number of likely N-dealkylation sites (tertiary alicyclic amines) is 1. The molecule has 1 heterocycles. The van der Waals surface area contributed by atoms with Crippen LogP contribution in [0.3, 0.4) is 0 Å². The molecule has 1 aromatic rings. The van der Waals surface area contributed by atoms with Crippen LogP contribution < -0.4 is 5.32 Å². The van der Waals surface area contributed by atoms with Gasteiger partial charge in [-0.2, -0.15) is 5.26 Å². The molecular weight excluding hydrogens is 309 g/mol. The molecule has 102 valence electrons. The summed E-state index contributed by atoms with van der Waals surface area (Å²) in [6.45, 7) is 1.83. The molecule has 1 N–H and O–H groups in total. The fourth-order valence-corrected chi connectivity index (χ4v) is 2.84. The second-order valence-corrected chi connectivity index (χ2v) is 5.70. The standard InChI is InChI=1S/C14H17BrFN3/c1-19-7-3-2-4-11(19)9-18-12-6-5-10(8-17)13(15)14(12)16/h5-6,11,18H,2-4,7,9H2,1H3. The van der Waals surface area contributed by atoms with Crippen LogP contribution in [0.4, 0.5) is 10.1 Å². The minimum atomic E-state index is -0.391. The van der Waals surface area contributed by atoms with Gasteiger partial charge in [0.25, 0.3) is 0 Å². The van der Waals surface area contributed by atoms with Crippen molar-refractivity contribution in [1.29, 1.82) is 5.26 Å². The Kier molecular flexibility index (Phi) is 4.78. The van der Waals surface area contributed by atoms with E-state index < -0.39 is 5.82 Å². The van der Waals surface area contributed by atoms with E-state index in [0.29, 0.717) is 17.3 Å². The van der Waals surface area contributed by atoms with E-state index in [-0.39, 0.29) is 4.47 Å². The van der Waals surface area contributed by atoms with Crippen molar-refractivity contribution >= 4 is 21.6 Å². The quantitative estimate of drug-likeness (QED) is 0.926. The van der Waals surface area contributed by atoms with Crippen LogP contribution >= 0.6 is 15.9 Å². The minimum Gasteiger partial charge on any atom is -0.381 e. The summed E-state index contributed by atoms with van der Waals surface area (Å²) in [4.78, 5) is 2.31. The predicted molar refractivity (Wildman–Crippen MR) is 77.6 cm³/mol. The first-order valence-corrected chi connectivity index (χ1v) is 7.25. The van der Waals surface area contributed by atoms with E-state index in [9.17, 15) is 4.39 Å². The molecule has 0 radical (unpaired) electrons. The zero-order chi connectivity index (χ0) is 13.8. The Morgan fingerprint density at radius 3 is 3.00 bits per heavy atom. The van der Waals surface area contributed by atoms with Gasteiger partial charge in [0.1, 0.15) is 6.07 Å². The van der Waals surface area contributed by atoms with Gasteiger partial charge in [0.15, 0.2) is 5.82 Å². The predicted octanol–water partition coefficient (Wildman–Crippen LogP) is 3.36. The molecule has 0 aliphatic carbocycles. The molecule has 1 aliphatic heterocycles. The molecule has 1 atom stereocenters. The van der Waals surface area contributed by atoms with E-state index in [1.54, 1.807) is 12.1 Å². The number of anilines is 1. The number of hydrogen-bond donors (Lipinski definition) is 1. The first-order valence-electron chi connectivity index (χ1n) is 6.45. The van der Waals surface area contributed by atoms with E-state index in [2.05, 4.69) is 33.2 Å². The number of rotatable bonds is 3. The molecule has 1 fully saturated rings. The number of nitrogens with one attached hydrogen (secondary N) is 1. The third-order valence-electron chi connectivity index (χ3n) is 3.65. The Labute approximate surface area is 121 Å². The molecule has 19 heavy (non-hydrogen) atoms.